The first-order valence-electron chi connectivity index (χ1n) is 8.00. The predicted molar refractivity (Wildman–Crippen MR) is 107 cm³/mol. The number of nitriles is 1. The molecule has 0 amide bonds. The fourth-order valence-electron chi connectivity index (χ4n) is 3.05. The standard InChI is InChI=1S/C19H19Cl2N3.ClH/c1-13-8-18(5-3-14(13)10-22)24-7-6-17(12-24)23-11-15-2-4-16(20)9-19(15)21;/h2-5,8-9,17,23H,6-7,11-12H2,1H3;1H. The van der Waals surface area contributed by atoms with Gasteiger partial charge in [-0.1, -0.05) is 29.3 Å². The number of aryl methyl sites for hydroxylation is 1. The van der Waals surface area contributed by atoms with Gasteiger partial charge in [-0.2, -0.15) is 5.26 Å². The lowest BCUT2D eigenvalue weighted by molar-refractivity contribution is 0.551. The van der Waals surface area contributed by atoms with Gasteiger partial charge in [0, 0.05) is 41.4 Å². The molecular formula is C19H20Cl3N3. The van der Waals surface area contributed by atoms with E-state index in [1.807, 2.05) is 31.2 Å². The molecule has 1 N–H and O–H groups in total. The van der Waals surface area contributed by atoms with Gasteiger partial charge in [0.05, 0.1) is 11.6 Å². The number of anilines is 1. The predicted octanol–water partition coefficient (Wildman–Crippen LogP) is 4.96. The Hall–Kier alpha value is -1.44. The van der Waals surface area contributed by atoms with E-state index in [9.17, 15) is 0 Å². The molecule has 1 aliphatic rings. The number of hydrogen-bond acceptors (Lipinski definition) is 3. The van der Waals surface area contributed by atoms with Crippen molar-refractivity contribution < 1.29 is 0 Å². The van der Waals surface area contributed by atoms with Crippen molar-refractivity contribution in [2.24, 2.45) is 0 Å². The Morgan fingerprint density at radius 3 is 2.72 bits per heavy atom. The van der Waals surface area contributed by atoms with E-state index < -0.39 is 0 Å². The number of hydrogen-bond donors (Lipinski definition) is 1. The van der Waals surface area contributed by atoms with Gasteiger partial charge in [0.25, 0.3) is 0 Å². The smallest absolute Gasteiger partial charge is 0.0994 e. The lowest BCUT2D eigenvalue weighted by Crippen LogP contribution is -2.32. The van der Waals surface area contributed by atoms with Crippen molar-refractivity contribution in [3.8, 4) is 6.07 Å². The third kappa shape index (κ3) is 4.80. The Kier molecular flexibility index (Phi) is 6.98. The molecule has 3 nitrogen and oxygen atoms in total. The van der Waals surface area contributed by atoms with E-state index in [4.69, 9.17) is 28.5 Å². The van der Waals surface area contributed by atoms with Crippen LogP contribution < -0.4 is 10.2 Å². The van der Waals surface area contributed by atoms with Crippen molar-refractivity contribution in [1.82, 2.24) is 5.32 Å². The van der Waals surface area contributed by atoms with Crippen LogP contribution in [0.3, 0.4) is 0 Å². The molecule has 132 valence electrons. The summed E-state index contributed by atoms with van der Waals surface area (Å²) in [6, 6.07) is 14.3. The largest absolute Gasteiger partial charge is 0.370 e. The van der Waals surface area contributed by atoms with E-state index in [0.717, 1.165) is 42.7 Å². The molecule has 25 heavy (non-hydrogen) atoms. The molecule has 1 unspecified atom stereocenters. The van der Waals surface area contributed by atoms with Gasteiger partial charge >= 0.3 is 0 Å². The summed E-state index contributed by atoms with van der Waals surface area (Å²) in [5, 5.41) is 14.0. The van der Waals surface area contributed by atoms with Gasteiger partial charge in [-0.25, -0.2) is 0 Å². The van der Waals surface area contributed by atoms with Crippen molar-refractivity contribution in [1.29, 1.82) is 5.26 Å². The SMILES string of the molecule is Cc1cc(N2CCC(NCc3ccc(Cl)cc3Cl)C2)ccc1C#N.Cl. The van der Waals surface area contributed by atoms with Crippen molar-refractivity contribution in [3.05, 3.63) is 63.1 Å². The van der Waals surface area contributed by atoms with Crippen LogP contribution in [0, 0.1) is 18.3 Å². The summed E-state index contributed by atoms with van der Waals surface area (Å²) in [6.07, 6.45) is 1.09. The minimum atomic E-state index is 0. The highest BCUT2D eigenvalue weighted by Crippen LogP contribution is 2.24. The Balaban J connectivity index is 0.00000225. The Morgan fingerprint density at radius 1 is 1.24 bits per heavy atom. The maximum absolute atomic E-state index is 9.04. The molecule has 1 heterocycles. The lowest BCUT2D eigenvalue weighted by Gasteiger charge is -2.20. The number of halogens is 3. The van der Waals surface area contributed by atoms with Gasteiger partial charge in [0.1, 0.15) is 0 Å². The minimum Gasteiger partial charge on any atom is -0.370 e. The normalized spacial score (nSPS) is 16.4. The molecule has 0 aliphatic carbocycles. The van der Waals surface area contributed by atoms with E-state index in [1.165, 1.54) is 5.69 Å². The zero-order chi connectivity index (χ0) is 17.1. The first kappa shape index (κ1) is 19.9. The van der Waals surface area contributed by atoms with E-state index in [0.29, 0.717) is 16.1 Å². The molecule has 1 fully saturated rings. The number of nitrogens with zero attached hydrogens (tertiary/aromatic N) is 2. The molecule has 1 aliphatic heterocycles. The van der Waals surface area contributed by atoms with Crippen LogP contribution in [0.5, 0.6) is 0 Å². The van der Waals surface area contributed by atoms with Crippen LogP contribution in [0.1, 0.15) is 23.1 Å². The summed E-state index contributed by atoms with van der Waals surface area (Å²) in [5.74, 6) is 0. The number of nitrogens with one attached hydrogen (secondary N) is 1. The molecule has 3 rings (SSSR count). The monoisotopic (exact) mass is 395 g/mol. The molecule has 0 spiro atoms. The van der Waals surface area contributed by atoms with Crippen molar-refractivity contribution in [3.63, 3.8) is 0 Å². The third-order valence-electron chi connectivity index (χ3n) is 4.48. The zero-order valence-corrected chi connectivity index (χ0v) is 16.3. The van der Waals surface area contributed by atoms with E-state index in [2.05, 4.69) is 22.4 Å². The molecule has 1 atom stereocenters. The first-order valence-corrected chi connectivity index (χ1v) is 8.75. The third-order valence-corrected chi connectivity index (χ3v) is 5.07. The lowest BCUT2D eigenvalue weighted by atomic mass is 10.1. The van der Waals surface area contributed by atoms with E-state index in [-0.39, 0.29) is 12.4 Å². The van der Waals surface area contributed by atoms with Gasteiger partial charge in [-0.15, -0.1) is 12.4 Å². The fourth-order valence-corrected chi connectivity index (χ4v) is 3.53. The summed E-state index contributed by atoms with van der Waals surface area (Å²) >= 11 is 12.2. The fraction of sp³-hybridized carbons (Fsp3) is 0.316. The first-order chi connectivity index (χ1) is 11.6. The Labute approximate surface area is 164 Å². The van der Waals surface area contributed by atoms with Gasteiger partial charge in [-0.3, -0.25) is 0 Å². The summed E-state index contributed by atoms with van der Waals surface area (Å²) in [7, 11) is 0. The second-order valence-corrected chi connectivity index (χ2v) is 7.00. The van der Waals surface area contributed by atoms with Crippen LogP contribution in [0.2, 0.25) is 10.0 Å². The van der Waals surface area contributed by atoms with E-state index >= 15 is 0 Å². The molecule has 0 bridgehead atoms. The topological polar surface area (TPSA) is 39.1 Å². The highest BCUT2D eigenvalue weighted by atomic mass is 35.5. The summed E-state index contributed by atoms with van der Waals surface area (Å²) < 4.78 is 0. The molecule has 6 heteroatoms. The number of benzene rings is 2. The molecule has 0 aromatic heterocycles. The molecule has 0 radical (unpaired) electrons. The maximum Gasteiger partial charge on any atom is 0.0994 e. The van der Waals surface area contributed by atoms with Gasteiger partial charge in [-0.05, 0) is 54.8 Å². The Morgan fingerprint density at radius 2 is 2.04 bits per heavy atom. The highest BCUT2D eigenvalue weighted by Gasteiger charge is 2.22. The summed E-state index contributed by atoms with van der Waals surface area (Å²) in [6.45, 7) is 4.69. The zero-order valence-electron chi connectivity index (χ0n) is 13.9. The van der Waals surface area contributed by atoms with Crippen LogP contribution in [0.4, 0.5) is 5.69 Å². The van der Waals surface area contributed by atoms with Gasteiger partial charge in [0.15, 0.2) is 0 Å². The van der Waals surface area contributed by atoms with E-state index in [1.54, 1.807) is 6.07 Å². The van der Waals surface area contributed by atoms with Crippen LogP contribution in [0.15, 0.2) is 36.4 Å². The van der Waals surface area contributed by atoms with Crippen LogP contribution in [-0.2, 0) is 6.54 Å². The second kappa shape index (κ2) is 8.78. The molecular weight excluding hydrogens is 377 g/mol. The van der Waals surface area contributed by atoms with Gasteiger partial charge < -0.3 is 10.2 Å². The molecule has 2 aromatic rings. The molecule has 2 aromatic carbocycles. The maximum atomic E-state index is 9.04. The summed E-state index contributed by atoms with van der Waals surface area (Å²) in [5.41, 5.74) is 4.01. The second-order valence-electron chi connectivity index (χ2n) is 6.16. The van der Waals surface area contributed by atoms with Gasteiger partial charge in [0.2, 0.25) is 0 Å². The number of rotatable bonds is 4. The molecule has 1 saturated heterocycles. The van der Waals surface area contributed by atoms with Crippen molar-refractivity contribution >= 4 is 41.3 Å². The van der Waals surface area contributed by atoms with Crippen LogP contribution >= 0.6 is 35.6 Å². The quantitative estimate of drug-likeness (QED) is 0.793. The van der Waals surface area contributed by atoms with Crippen LogP contribution in [-0.4, -0.2) is 19.1 Å². The molecule has 0 saturated carbocycles. The van der Waals surface area contributed by atoms with Crippen molar-refractivity contribution in [2.45, 2.75) is 25.9 Å². The minimum absolute atomic E-state index is 0. The Bertz CT molecular complexity index is 786. The average Bonchev–Trinajstić information content (AvgIpc) is 3.03. The highest BCUT2D eigenvalue weighted by molar-refractivity contribution is 6.35. The van der Waals surface area contributed by atoms with Crippen LogP contribution in [0.25, 0.3) is 0 Å². The average molecular weight is 397 g/mol. The summed E-state index contributed by atoms with van der Waals surface area (Å²) in [4.78, 5) is 2.36. The van der Waals surface area contributed by atoms with Crippen molar-refractivity contribution in [2.75, 3.05) is 18.0 Å².